The molecule has 0 radical (unpaired) electrons. The van der Waals surface area contributed by atoms with Gasteiger partial charge in [-0.1, -0.05) is 120 Å². The maximum Gasteiger partial charge on any atom is 0.123 e. The Morgan fingerprint density at radius 3 is 1.32 bits per heavy atom. The average molecular weight is 551 g/mol. The van der Waals surface area contributed by atoms with E-state index in [1.807, 2.05) is 0 Å². The molecule has 2 aromatic carbocycles. The Balaban J connectivity index is 2.19. The Labute approximate surface area is 245 Å². The minimum absolute atomic E-state index is 0.0462. The molecule has 1 aliphatic carbocycles. The van der Waals surface area contributed by atoms with E-state index >= 15 is 0 Å². The highest BCUT2D eigenvalue weighted by molar-refractivity contribution is 5.50. The van der Waals surface area contributed by atoms with Crippen molar-refractivity contribution in [3.05, 3.63) is 57.6 Å². The first-order valence-electron chi connectivity index (χ1n) is 15.3. The summed E-state index contributed by atoms with van der Waals surface area (Å²) in [6.45, 7) is 27.5. The van der Waals surface area contributed by atoms with Crippen molar-refractivity contribution in [1.82, 2.24) is 4.90 Å². The minimum Gasteiger partial charge on any atom is -0.507 e. The molecule has 40 heavy (non-hydrogen) atoms. The Morgan fingerprint density at radius 2 is 1.00 bits per heavy atom. The highest BCUT2D eigenvalue weighted by Crippen LogP contribution is 2.41. The zero-order chi connectivity index (χ0) is 30.4. The highest BCUT2D eigenvalue weighted by Gasteiger charge is 2.32. The van der Waals surface area contributed by atoms with E-state index in [-0.39, 0.29) is 33.7 Å². The molecule has 0 bridgehead atoms. The first kappa shape index (κ1) is 32.5. The van der Waals surface area contributed by atoms with Gasteiger partial charge in [0.05, 0.1) is 0 Å². The molecule has 2 atom stereocenters. The molecule has 0 spiro atoms. The standard InChI is InChI=1S/C36H58N2O2/c1-33(2,3)25-17-23(31(39)27(19-25)35(7,8)9)21-38(30-16-14-13-15-29(30)37)22-24-18-26(34(4,5)6)20-28(32(24)40)36(10,11)12/h17-20,29-30,39-40H,13-16,21-22,37H2,1-12H3. The molecule has 0 heterocycles. The van der Waals surface area contributed by atoms with Gasteiger partial charge in [0.2, 0.25) is 0 Å². The van der Waals surface area contributed by atoms with Gasteiger partial charge >= 0.3 is 0 Å². The van der Waals surface area contributed by atoms with Gasteiger partial charge < -0.3 is 15.9 Å². The van der Waals surface area contributed by atoms with Gasteiger partial charge in [-0.2, -0.15) is 0 Å². The molecule has 224 valence electrons. The van der Waals surface area contributed by atoms with Gasteiger partial charge in [-0.25, -0.2) is 0 Å². The van der Waals surface area contributed by atoms with E-state index in [0.717, 1.165) is 47.9 Å². The van der Waals surface area contributed by atoms with Crippen LogP contribution in [0.25, 0.3) is 0 Å². The molecule has 1 saturated carbocycles. The first-order chi connectivity index (χ1) is 18.1. The van der Waals surface area contributed by atoms with Crippen molar-refractivity contribution in [2.45, 2.75) is 156 Å². The van der Waals surface area contributed by atoms with Crippen molar-refractivity contribution in [2.75, 3.05) is 0 Å². The van der Waals surface area contributed by atoms with Crippen LogP contribution in [0.15, 0.2) is 24.3 Å². The van der Waals surface area contributed by atoms with E-state index in [1.54, 1.807) is 0 Å². The van der Waals surface area contributed by atoms with Crippen LogP contribution in [0, 0.1) is 0 Å². The number of nitrogens with two attached hydrogens (primary N) is 1. The molecule has 4 nitrogen and oxygen atoms in total. The van der Waals surface area contributed by atoms with Crippen LogP contribution in [-0.2, 0) is 34.7 Å². The number of phenolic OH excluding ortho intramolecular Hbond substituents is 2. The Kier molecular flexibility index (Phi) is 9.20. The number of aromatic hydroxyl groups is 2. The number of phenols is 2. The maximum absolute atomic E-state index is 11.6. The third-order valence-corrected chi connectivity index (χ3v) is 8.72. The third kappa shape index (κ3) is 7.42. The highest BCUT2D eigenvalue weighted by atomic mass is 16.3. The smallest absolute Gasteiger partial charge is 0.123 e. The summed E-state index contributed by atoms with van der Waals surface area (Å²) in [6, 6.07) is 9.00. The Hall–Kier alpha value is -2.04. The number of hydrogen-bond acceptors (Lipinski definition) is 4. The van der Waals surface area contributed by atoms with Gasteiger partial charge in [-0.3, -0.25) is 4.90 Å². The van der Waals surface area contributed by atoms with Crippen molar-refractivity contribution in [2.24, 2.45) is 5.73 Å². The van der Waals surface area contributed by atoms with E-state index in [1.165, 1.54) is 11.1 Å². The molecule has 1 fully saturated rings. The second-order valence-electron chi connectivity index (χ2n) is 16.5. The lowest BCUT2D eigenvalue weighted by Gasteiger charge is -2.39. The summed E-state index contributed by atoms with van der Waals surface area (Å²) < 4.78 is 0. The zero-order valence-electron chi connectivity index (χ0n) is 27.6. The molecule has 1 aliphatic rings. The fourth-order valence-electron chi connectivity index (χ4n) is 5.96. The predicted molar refractivity (Wildman–Crippen MR) is 170 cm³/mol. The zero-order valence-corrected chi connectivity index (χ0v) is 27.6. The van der Waals surface area contributed by atoms with Gasteiger partial charge in [-0.15, -0.1) is 0 Å². The molecule has 0 aromatic heterocycles. The van der Waals surface area contributed by atoms with Crippen molar-refractivity contribution in [3.63, 3.8) is 0 Å². The average Bonchev–Trinajstić information content (AvgIpc) is 2.78. The minimum atomic E-state index is -0.187. The van der Waals surface area contributed by atoms with Crippen LogP contribution < -0.4 is 5.73 Å². The van der Waals surface area contributed by atoms with Crippen molar-refractivity contribution in [3.8, 4) is 11.5 Å². The molecular weight excluding hydrogens is 492 g/mol. The molecule has 4 N–H and O–H groups in total. The normalized spacial score (nSPS) is 19.4. The topological polar surface area (TPSA) is 69.7 Å². The maximum atomic E-state index is 11.6. The van der Waals surface area contributed by atoms with Gasteiger partial charge in [0.15, 0.2) is 0 Å². The van der Waals surface area contributed by atoms with Crippen LogP contribution >= 0.6 is 0 Å². The molecule has 2 aromatic rings. The quantitative estimate of drug-likeness (QED) is 0.349. The molecule has 4 heteroatoms. The number of benzene rings is 2. The second kappa shape index (κ2) is 11.3. The van der Waals surface area contributed by atoms with Crippen LogP contribution in [-0.4, -0.2) is 27.2 Å². The molecule has 2 unspecified atom stereocenters. The van der Waals surface area contributed by atoms with E-state index < -0.39 is 0 Å². The second-order valence-corrected chi connectivity index (χ2v) is 16.5. The van der Waals surface area contributed by atoms with E-state index in [4.69, 9.17) is 5.73 Å². The molecule has 0 amide bonds. The fourth-order valence-corrected chi connectivity index (χ4v) is 5.96. The number of rotatable bonds is 5. The van der Waals surface area contributed by atoms with Crippen LogP contribution in [0.3, 0.4) is 0 Å². The monoisotopic (exact) mass is 550 g/mol. The lowest BCUT2D eigenvalue weighted by molar-refractivity contribution is 0.119. The molecule has 0 saturated heterocycles. The molecule has 0 aliphatic heterocycles. The van der Waals surface area contributed by atoms with E-state index in [9.17, 15) is 10.2 Å². The first-order valence-corrected chi connectivity index (χ1v) is 15.3. The summed E-state index contributed by atoms with van der Waals surface area (Å²) in [5, 5.41) is 23.3. The SMILES string of the molecule is CC(C)(C)c1cc(CN(Cc2cc(C(C)(C)C)cc(C(C)(C)C)c2O)C2CCCCC2N)c(O)c(C(C)(C)C)c1. The van der Waals surface area contributed by atoms with Crippen LogP contribution in [0.4, 0.5) is 0 Å². The Bertz CT molecular complexity index is 1100. The summed E-state index contributed by atoms with van der Waals surface area (Å²) in [7, 11) is 0. The summed E-state index contributed by atoms with van der Waals surface area (Å²) in [5.41, 5.74) is 12.6. The molecule has 3 rings (SSSR count). The van der Waals surface area contributed by atoms with Gasteiger partial charge in [0.25, 0.3) is 0 Å². The van der Waals surface area contributed by atoms with Gasteiger partial charge in [0, 0.05) is 36.3 Å². The van der Waals surface area contributed by atoms with E-state index in [2.05, 4.69) is 112 Å². The van der Waals surface area contributed by atoms with Crippen molar-refractivity contribution >= 4 is 0 Å². The summed E-state index contributed by atoms with van der Waals surface area (Å²) in [6.07, 6.45) is 4.34. The fraction of sp³-hybridized carbons (Fsp3) is 0.667. The summed E-state index contributed by atoms with van der Waals surface area (Å²) >= 11 is 0. The van der Waals surface area contributed by atoms with Gasteiger partial charge in [0.1, 0.15) is 11.5 Å². The lowest BCUT2D eigenvalue weighted by Crippen LogP contribution is -2.49. The van der Waals surface area contributed by atoms with Crippen LogP contribution in [0.1, 0.15) is 142 Å². The largest absolute Gasteiger partial charge is 0.507 e. The number of hydrogen-bond donors (Lipinski definition) is 3. The van der Waals surface area contributed by atoms with Crippen LogP contribution in [0.2, 0.25) is 0 Å². The van der Waals surface area contributed by atoms with Crippen LogP contribution in [0.5, 0.6) is 11.5 Å². The Morgan fingerprint density at radius 1 is 0.625 bits per heavy atom. The summed E-state index contributed by atoms with van der Waals surface area (Å²) in [5.74, 6) is 0.774. The summed E-state index contributed by atoms with van der Waals surface area (Å²) in [4.78, 5) is 2.44. The molecular formula is C36H58N2O2. The van der Waals surface area contributed by atoms with E-state index in [0.29, 0.717) is 24.6 Å². The number of nitrogens with zero attached hydrogens (tertiary/aromatic N) is 1. The van der Waals surface area contributed by atoms with Gasteiger partial charge in [-0.05, 0) is 56.8 Å². The van der Waals surface area contributed by atoms with Crippen molar-refractivity contribution in [1.29, 1.82) is 0 Å². The lowest BCUT2D eigenvalue weighted by atomic mass is 9.78. The third-order valence-electron chi connectivity index (χ3n) is 8.72. The predicted octanol–water partition coefficient (Wildman–Crippen LogP) is 8.56. The van der Waals surface area contributed by atoms with Crippen molar-refractivity contribution < 1.29 is 10.2 Å².